The molecule has 0 bridgehead atoms. The molecule has 2 aromatic carbocycles. The third-order valence-corrected chi connectivity index (χ3v) is 10.4. The highest BCUT2D eigenvalue weighted by molar-refractivity contribution is 7.99. The van der Waals surface area contributed by atoms with Crippen molar-refractivity contribution >= 4 is 50.7 Å². The molecule has 0 saturated carbocycles. The second kappa shape index (κ2) is 12.5. The van der Waals surface area contributed by atoms with Crippen molar-refractivity contribution in [1.82, 2.24) is 0 Å². The number of para-hydroxylation sites is 1. The van der Waals surface area contributed by atoms with Crippen LogP contribution in [0.2, 0.25) is 0 Å². The maximum atomic E-state index is 14.0. The highest BCUT2D eigenvalue weighted by Gasteiger charge is 2.42. The quantitative estimate of drug-likeness (QED) is 0.293. The van der Waals surface area contributed by atoms with Crippen LogP contribution < -0.4 is 4.90 Å². The Hall–Kier alpha value is -1.64. The molecule has 192 valence electrons. The third kappa shape index (κ3) is 6.98. The highest BCUT2D eigenvalue weighted by atomic mass is 32.2. The zero-order chi connectivity index (χ0) is 25.5. The normalized spacial score (nSPS) is 16.5. The number of hydrogen-bond acceptors (Lipinski definition) is 6. The van der Waals surface area contributed by atoms with Crippen molar-refractivity contribution in [2.24, 2.45) is 5.41 Å². The molecule has 0 radical (unpaired) electrons. The fraction of sp³-hybridized carbons (Fsp3) is 0.519. The Morgan fingerprint density at radius 2 is 1.74 bits per heavy atom. The van der Waals surface area contributed by atoms with Gasteiger partial charge in [-0.1, -0.05) is 57.7 Å². The Morgan fingerprint density at radius 1 is 1.09 bits per heavy atom. The Kier molecular flexibility index (Phi) is 10.0. The summed E-state index contributed by atoms with van der Waals surface area (Å²) in [6.45, 7) is 4.99. The highest BCUT2D eigenvalue weighted by Crippen LogP contribution is 2.46. The number of nitrogens with zero attached hydrogens (tertiary/aromatic N) is 1. The van der Waals surface area contributed by atoms with Crippen LogP contribution in [0.1, 0.15) is 57.9 Å². The summed E-state index contributed by atoms with van der Waals surface area (Å²) in [6.07, 6.45) is 7.84. The lowest BCUT2D eigenvalue weighted by Crippen LogP contribution is -2.38. The Balaban J connectivity index is 2.19. The smallest absolute Gasteiger partial charge is 0.313 e. The molecule has 0 unspecified atom stereocenters. The summed E-state index contributed by atoms with van der Waals surface area (Å²) >= 11 is 2.87. The Labute approximate surface area is 219 Å². The summed E-state index contributed by atoms with van der Waals surface area (Å²) in [5.74, 6) is -0.260. The van der Waals surface area contributed by atoms with Crippen molar-refractivity contribution in [3.8, 4) is 0 Å². The topological polar surface area (TPSA) is 74.7 Å². The molecular formula is C27H37NO4S3. The number of carbonyl (C=O) groups is 1. The van der Waals surface area contributed by atoms with E-state index in [0.29, 0.717) is 17.2 Å². The van der Waals surface area contributed by atoms with Gasteiger partial charge in [0.2, 0.25) is 0 Å². The van der Waals surface area contributed by atoms with E-state index in [9.17, 15) is 13.2 Å². The summed E-state index contributed by atoms with van der Waals surface area (Å²) in [6, 6.07) is 13.9. The first-order valence-corrected chi connectivity index (χ1v) is 16.3. The molecule has 8 heteroatoms. The van der Waals surface area contributed by atoms with Crippen molar-refractivity contribution in [1.29, 1.82) is 0 Å². The number of fused-ring (bicyclic) bond motifs is 1. The molecule has 0 saturated heterocycles. The summed E-state index contributed by atoms with van der Waals surface area (Å²) in [5.41, 5.74) is 2.30. The van der Waals surface area contributed by atoms with Crippen LogP contribution in [-0.2, 0) is 20.4 Å². The maximum absolute atomic E-state index is 14.0. The minimum atomic E-state index is -3.55. The van der Waals surface area contributed by atoms with Gasteiger partial charge >= 0.3 is 5.97 Å². The van der Waals surface area contributed by atoms with E-state index >= 15 is 0 Å². The van der Waals surface area contributed by atoms with Crippen LogP contribution in [0, 0.1) is 5.41 Å². The first-order valence-electron chi connectivity index (χ1n) is 12.3. The predicted octanol–water partition coefficient (Wildman–Crippen LogP) is 7.02. The van der Waals surface area contributed by atoms with E-state index in [1.54, 1.807) is 11.8 Å². The number of carboxylic acid groups (broad SMARTS) is 1. The number of sulfone groups is 1. The number of rotatable bonds is 12. The van der Waals surface area contributed by atoms with Crippen LogP contribution in [0.25, 0.3) is 0 Å². The number of carboxylic acids is 1. The number of benzene rings is 2. The van der Waals surface area contributed by atoms with Crippen LogP contribution in [0.5, 0.6) is 0 Å². The van der Waals surface area contributed by atoms with Crippen LogP contribution >= 0.6 is 23.5 Å². The van der Waals surface area contributed by atoms with Gasteiger partial charge in [0.25, 0.3) is 0 Å². The molecule has 5 nitrogen and oxygen atoms in total. The van der Waals surface area contributed by atoms with E-state index in [1.165, 1.54) is 11.8 Å². The first kappa shape index (κ1) is 27.9. The number of aliphatic carboxylic acids is 1. The van der Waals surface area contributed by atoms with E-state index in [4.69, 9.17) is 5.11 Å². The fourth-order valence-electron chi connectivity index (χ4n) is 4.92. The van der Waals surface area contributed by atoms with Gasteiger partial charge in [0.1, 0.15) is 0 Å². The molecule has 0 fully saturated rings. The van der Waals surface area contributed by atoms with Crippen molar-refractivity contribution in [2.45, 2.75) is 67.9 Å². The van der Waals surface area contributed by atoms with E-state index in [0.717, 1.165) is 60.4 Å². The molecular weight excluding hydrogens is 499 g/mol. The molecule has 35 heavy (non-hydrogen) atoms. The third-order valence-electron chi connectivity index (χ3n) is 6.65. The van der Waals surface area contributed by atoms with Crippen molar-refractivity contribution in [3.05, 3.63) is 48.0 Å². The number of unbranched alkanes of at least 4 members (excludes halogenated alkanes) is 2. The monoisotopic (exact) mass is 535 g/mol. The lowest BCUT2D eigenvalue weighted by atomic mass is 9.79. The SMILES string of the molecule is CCCCC1(CCCC)CN(c2ccccc2)c2cc(SC)c(CSCC(=O)O)cc2S(=O)(=O)C1. The zero-order valence-corrected chi connectivity index (χ0v) is 23.4. The Bertz CT molecular complexity index is 1090. The van der Waals surface area contributed by atoms with E-state index in [2.05, 4.69) is 30.9 Å². The van der Waals surface area contributed by atoms with Crippen molar-refractivity contribution in [2.75, 3.05) is 29.2 Å². The average Bonchev–Trinajstić information content (AvgIpc) is 2.93. The lowest BCUT2D eigenvalue weighted by Gasteiger charge is -2.37. The average molecular weight is 536 g/mol. The second-order valence-electron chi connectivity index (χ2n) is 9.41. The van der Waals surface area contributed by atoms with Gasteiger partial charge in [0.05, 0.1) is 22.1 Å². The molecule has 0 amide bonds. The van der Waals surface area contributed by atoms with Gasteiger partial charge in [-0.25, -0.2) is 8.42 Å². The molecule has 1 aliphatic heterocycles. The number of thioether (sulfide) groups is 2. The fourth-order valence-corrected chi connectivity index (χ4v) is 8.52. The van der Waals surface area contributed by atoms with E-state index in [-0.39, 0.29) is 16.9 Å². The molecule has 0 spiro atoms. The van der Waals surface area contributed by atoms with Crippen LogP contribution in [-0.4, -0.2) is 43.8 Å². The number of hydrogen-bond donors (Lipinski definition) is 1. The largest absolute Gasteiger partial charge is 0.481 e. The van der Waals surface area contributed by atoms with Gasteiger partial charge < -0.3 is 10.0 Å². The van der Waals surface area contributed by atoms with E-state index in [1.807, 2.05) is 36.6 Å². The first-order chi connectivity index (χ1) is 16.7. The standard InChI is InChI=1S/C27H37NO4S3/c1-4-6-13-27(14-7-5-2)19-28(22-11-9-8-10-12-22)23-16-24(33-3)21(17-34-18-26(29)30)15-25(23)35(31,32)20-27/h8-12,15-16H,4-7,13-14,17-20H2,1-3H3,(H,29,30). The van der Waals surface area contributed by atoms with Gasteiger partial charge in [0.15, 0.2) is 9.84 Å². The predicted molar refractivity (Wildman–Crippen MR) is 149 cm³/mol. The van der Waals surface area contributed by atoms with Crippen LogP contribution in [0.15, 0.2) is 52.3 Å². The molecule has 1 aliphatic rings. The minimum absolute atomic E-state index is 0.00899. The van der Waals surface area contributed by atoms with Crippen molar-refractivity contribution in [3.63, 3.8) is 0 Å². The molecule has 2 aromatic rings. The molecule has 0 aromatic heterocycles. The van der Waals surface area contributed by atoms with Gasteiger partial charge in [-0.3, -0.25) is 4.79 Å². The van der Waals surface area contributed by atoms with Gasteiger partial charge in [0, 0.05) is 28.3 Å². The summed E-state index contributed by atoms with van der Waals surface area (Å²) in [7, 11) is -3.55. The van der Waals surface area contributed by atoms with Crippen LogP contribution in [0.3, 0.4) is 0 Å². The Morgan fingerprint density at radius 3 is 2.31 bits per heavy atom. The summed E-state index contributed by atoms with van der Waals surface area (Å²) in [5, 5.41) is 9.06. The van der Waals surface area contributed by atoms with Gasteiger partial charge in [-0.05, 0) is 48.9 Å². The summed E-state index contributed by atoms with van der Waals surface area (Å²) in [4.78, 5) is 14.6. The molecule has 3 rings (SSSR count). The van der Waals surface area contributed by atoms with Crippen LogP contribution in [0.4, 0.5) is 11.4 Å². The van der Waals surface area contributed by atoms with Gasteiger partial charge in [-0.15, -0.1) is 23.5 Å². The summed E-state index contributed by atoms with van der Waals surface area (Å²) < 4.78 is 28.0. The second-order valence-corrected chi connectivity index (χ2v) is 13.2. The van der Waals surface area contributed by atoms with Gasteiger partial charge in [-0.2, -0.15) is 0 Å². The number of anilines is 2. The molecule has 0 atom stereocenters. The maximum Gasteiger partial charge on any atom is 0.313 e. The molecule has 1 N–H and O–H groups in total. The lowest BCUT2D eigenvalue weighted by molar-refractivity contribution is -0.133. The van der Waals surface area contributed by atoms with Crippen molar-refractivity contribution < 1.29 is 18.3 Å². The molecule has 0 aliphatic carbocycles. The van der Waals surface area contributed by atoms with E-state index < -0.39 is 15.8 Å². The minimum Gasteiger partial charge on any atom is -0.481 e. The molecule has 1 heterocycles. The zero-order valence-electron chi connectivity index (χ0n) is 21.0.